The van der Waals surface area contributed by atoms with Crippen molar-refractivity contribution in [1.29, 1.82) is 0 Å². The van der Waals surface area contributed by atoms with Gasteiger partial charge in [0.25, 0.3) is 0 Å². The number of carbonyl (C=O) groups is 2. The molecule has 5 heteroatoms. The van der Waals surface area contributed by atoms with Crippen LogP contribution in [0, 0.1) is 19.8 Å². The number of furan rings is 1. The van der Waals surface area contributed by atoms with E-state index in [0.29, 0.717) is 13.0 Å². The Balaban J connectivity index is 1.82. The molecule has 3 rings (SSSR count). The highest BCUT2D eigenvalue weighted by atomic mass is 16.4. The number of hydrogen-bond acceptors (Lipinski definition) is 3. The molecule has 2 heterocycles. The van der Waals surface area contributed by atoms with Crippen LogP contribution in [-0.4, -0.2) is 34.5 Å². The normalized spacial score (nSPS) is 21.2. The second kappa shape index (κ2) is 6.30. The van der Waals surface area contributed by atoms with E-state index in [1.165, 1.54) is 0 Å². The molecule has 1 fully saturated rings. The number of nitrogens with zero attached hydrogens (tertiary/aromatic N) is 1. The molecule has 5 nitrogen and oxygen atoms in total. The molecule has 1 aliphatic rings. The summed E-state index contributed by atoms with van der Waals surface area (Å²) in [7, 11) is 0. The molecule has 1 saturated heterocycles. The van der Waals surface area contributed by atoms with Crippen molar-refractivity contribution in [2.45, 2.75) is 46.1 Å². The average Bonchev–Trinajstić information content (AvgIpc) is 2.94. The first kappa shape index (κ1) is 16.6. The van der Waals surface area contributed by atoms with Crippen LogP contribution in [0.3, 0.4) is 0 Å². The smallest absolute Gasteiger partial charge is 0.308 e. The van der Waals surface area contributed by atoms with Gasteiger partial charge in [-0.15, -0.1) is 0 Å². The lowest BCUT2D eigenvalue weighted by Gasteiger charge is -2.36. The molecule has 0 spiro atoms. The maximum Gasteiger partial charge on any atom is 0.308 e. The lowest BCUT2D eigenvalue weighted by Crippen LogP contribution is -2.47. The Bertz CT molecular complexity index is 792. The van der Waals surface area contributed by atoms with E-state index in [1.807, 2.05) is 32.9 Å². The second-order valence-corrected chi connectivity index (χ2v) is 6.83. The SMILES string of the molecule is Cc1ccc2c(CC(=O)N3CC(C(=O)O)CCC3C)coc2c1C. The molecular formula is C19H23NO4. The first-order valence-electron chi connectivity index (χ1n) is 8.37. The molecule has 1 aliphatic heterocycles. The standard InChI is InChI=1S/C19H23NO4/c1-11-4-7-16-15(10-24-18(16)13(11)3)8-17(21)20-9-14(19(22)23)6-5-12(20)2/h4,7,10,12,14H,5-6,8-9H2,1-3H3,(H,22,23). The van der Waals surface area contributed by atoms with E-state index in [9.17, 15) is 14.7 Å². The number of piperidine rings is 1. The predicted molar refractivity (Wildman–Crippen MR) is 90.9 cm³/mol. The van der Waals surface area contributed by atoms with Crippen molar-refractivity contribution in [3.8, 4) is 0 Å². The van der Waals surface area contributed by atoms with Crippen LogP contribution in [0.2, 0.25) is 0 Å². The zero-order valence-corrected chi connectivity index (χ0v) is 14.3. The molecule has 24 heavy (non-hydrogen) atoms. The van der Waals surface area contributed by atoms with Crippen LogP contribution in [-0.2, 0) is 16.0 Å². The van der Waals surface area contributed by atoms with Gasteiger partial charge in [-0.05, 0) is 44.7 Å². The van der Waals surface area contributed by atoms with Crippen molar-refractivity contribution in [3.63, 3.8) is 0 Å². The fraction of sp³-hybridized carbons (Fsp3) is 0.474. The first-order valence-corrected chi connectivity index (χ1v) is 8.37. The Hall–Kier alpha value is -2.30. The van der Waals surface area contributed by atoms with Crippen molar-refractivity contribution in [3.05, 3.63) is 35.1 Å². The zero-order chi connectivity index (χ0) is 17.4. The van der Waals surface area contributed by atoms with Crippen LogP contribution in [0.25, 0.3) is 11.0 Å². The van der Waals surface area contributed by atoms with Crippen molar-refractivity contribution in [2.24, 2.45) is 5.92 Å². The summed E-state index contributed by atoms with van der Waals surface area (Å²) in [5.41, 5.74) is 3.93. The van der Waals surface area contributed by atoms with E-state index in [0.717, 1.165) is 34.1 Å². The minimum atomic E-state index is -0.820. The fourth-order valence-electron chi connectivity index (χ4n) is 3.45. The van der Waals surface area contributed by atoms with Gasteiger partial charge < -0.3 is 14.4 Å². The number of likely N-dealkylation sites (tertiary alicyclic amines) is 1. The van der Waals surface area contributed by atoms with Crippen LogP contribution >= 0.6 is 0 Å². The molecule has 2 unspecified atom stereocenters. The molecule has 1 amide bonds. The first-order chi connectivity index (χ1) is 11.4. The Morgan fingerprint density at radius 2 is 2.04 bits per heavy atom. The molecule has 2 atom stereocenters. The van der Waals surface area contributed by atoms with Gasteiger partial charge in [-0.25, -0.2) is 0 Å². The van der Waals surface area contributed by atoms with Crippen molar-refractivity contribution in [1.82, 2.24) is 4.90 Å². The van der Waals surface area contributed by atoms with Crippen LogP contribution < -0.4 is 0 Å². The third-order valence-electron chi connectivity index (χ3n) is 5.24. The number of carboxylic acid groups (broad SMARTS) is 1. The van der Waals surface area contributed by atoms with Gasteiger partial charge in [-0.1, -0.05) is 12.1 Å². The minimum absolute atomic E-state index is 0.0330. The maximum atomic E-state index is 12.7. The monoisotopic (exact) mass is 329 g/mol. The lowest BCUT2D eigenvalue weighted by atomic mass is 9.93. The zero-order valence-electron chi connectivity index (χ0n) is 14.3. The number of amides is 1. The highest BCUT2D eigenvalue weighted by molar-refractivity contribution is 5.90. The second-order valence-electron chi connectivity index (χ2n) is 6.83. The molecule has 1 N–H and O–H groups in total. The molecule has 0 radical (unpaired) electrons. The van der Waals surface area contributed by atoms with Crippen LogP contribution in [0.5, 0.6) is 0 Å². The Kier molecular flexibility index (Phi) is 4.35. The van der Waals surface area contributed by atoms with E-state index in [-0.39, 0.29) is 18.4 Å². The number of fused-ring (bicyclic) bond motifs is 1. The van der Waals surface area contributed by atoms with Gasteiger partial charge in [0.15, 0.2) is 0 Å². The quantitative estimate of drug-likeness (QED) is 0.938. The van der Waals surface area contributed by atoms with E-state index in [1.54, 1.807) is 11.2 Å². The summed E-state index contributed by atoms with van der Waals surface area (Å²) in [5, 5.41) is 10.2. The number of carboxylic acids is 1. The summed E-state index contributed by atoms with van der Waals surface area (Å²) >= 11 is 0. The average molecular weight is 329 g/mol. The van der Waals surface area contributed by atoms with Crippen molar-refractivity contribution >= 4 is 22.8 Å². The van der Waals surface area contributed by atoms with Gasteiger partial charge in [-0.2, -0.15) is 0 Å². The minimum Gasteiger partial charge on any atom is -0.481 e. The summed E-state index contributed by atoms with van der Waals surface area (Å²) in [4.78, 5) is 25.7. The molecule has 2 aromatic rings. The number of aliphatic carboxylic acids is 1. The van der Waals surface area contributed by atoms with Gasteiger partial charge in [0.05, 0.1) is 18.6 Å². The van der Waals surface area contributed by atoms with E-state index in [4.69, 9.17) is 4.42 Å². The van der Waals surface area contributed by atoms with Crippen LogP contribution in [0.4, 0.5) is 0 Å². The van der Waals surface area contributed by atoms with Gasteiger partial charge >= 0.3 is 5.97 Å². The summed E-state index contributed by atoms with van der Waals surface area (Å²) in [6.45, 7) is 6.32. The van der Waals surface area contributed by atoms with Gasteiger partial charge in [0.2, 0.25) is 5.91 Å². The van der Waals surface area contributed by atoms with Crippen molar-refractivity contribution < 1.29 is 19.1 Å². The number of rotatable bonds is 3. The predicted octanol–water partition coefficient (Wildman–Crippen LogP) is 3.30. The highest BCUT2D eigenvalue weighted by Crippen LogP contribution is 2.28. The molecule has 1 aromatic carbocycles. The van der Waals surface area contributed by atoms with Crippen molar-refractivity contribution in [2.75, 3.05) is 6.54 Å². The maximum absolute atomic E-state index is 12.7. The van der Waals surface area contributed by atoms with E-state index in [2.05, 4.69) is 0 Å². The summed E-state index contributed by atoms with van der Waals surface area (Å²) < 4.78 is 5.67. The number of benzene rings is 1. The Morgan fingerprint density at radius 1 is 1.29 bits per heavy atom. The largest absolute Gasteiger partial charge is 0.481 e. The van der Waals surface area contributed by atoms with E-state index < -0.39 is 11.9 Å². The number of carbonyl (C=O) groups excluding carboxylic acids is 1. The third kappa shape index (κ3) is 2.90. The van der Waals surface area contributed by atoms with Crippen LogP contribution in [0.1, 0.15) is 36.5 Å². The number of hydrogen-bond donors (Lipinski definition) is 1. The summed E-state index contributed by atoms with van der Waals surface area (Å²) in [5.74, 6) is -1.31. The van der Waals surface area contributed by atoms with Gasteiger partial charge in [0, 0.05) is 23.5 Å². The highest BCUT2D eigenvalue weighted by Gasteiger charge is 2.32. The number of aryl methyl sites for hydroxylation is 2. The lowest BCUT2D eigenvalue weighted by molar-refractivity contribution is -0.147. The van der Waals surface area contributed by atoms with Gasteiger partial charge in [-0.3, -0.25) is 9.59 Å². The molecule has 1 aromatic heterocycles. The Morgan fingerprint density at radius 3 is 2.75 bits per heavy atom. The molecule has 128 valence electrons. The van der Waals surface area contributed by atoms with Gasteiger partial charge in [0.1, 0.15) is 5.58 Å². The molecule has 0 bridgehead atoms. The topological polar surface area (TPSA) is 70.8 Å². The fourth-order valence-corrected chi connectivity index (χ4v) is 3.45. The summed E-state index contributed by atoms with van der Waals surface area (Å²) in [6.07, 6.45) is 3.25. The molecular weight excluding hydrogens is 306 g/mol. The third-order valence-corrected chi connectivity index (χ3v) is 5.24. The summed E-state index contributed by atoms with van der Waals surface area (Å²) in [6, 6.07) is 4.10. The Labute approximate surface area is 141 Å². The molecule has 0 saturated carbocycles. The molecule has 0 aliphatic carbocycles. The van der Waals surface area contributed by atoms with E-state index >= 15 is 0 Å². The van der Waals surface area contributed by atoms with Crippen LogP contribution in [0.15, 0.2) is 22.8 Å².